The van der Waals surface area contributed by atoms with E-state index in [-0.39, 0.29) is 37.3 Å². The van der Waals surface area contributed by atoms with Crippen LogP contribution in [0.15, 0.2) is 30.5 Å². The summed E-state index contributed by atoms with van der Waals surface area (Å²) in [6.45, 7) is 3.97. The minimum absolute atomic E-state index is 0. The summed E-state index contributed by atoms with van der Waals surface area (Å²) in [7, 11) is 0. The Morgan fingerprint density at radius 2 is 2.04 bits per heavy atom. The second-order valence-corrected chi connectivity index (χ2v) is 5.91. The quantitative estimate of drug-likeness (QED) is 0.836. The van der Waals surface area contributed by atoms with Crippen molar-refractivity contribution in [2.75, 3.05) is 13.2 Å². The largest absolute Gasteiger partial charge is 0.481 e. The summed E-state index contributed by atoms with van der Waals surface area (Å²) in [5.74, 6) is 0.296. The molecule has 0 saturated carbocycles. The molecule has 0 bridgehead atoms. The maximum Gasteiger partial charge on any atom is 0.258 e. The van der Waals surface area contributed by atoms with Crippen molar-refractivity contribution in [2.45, 2.75) is 19.4 Å². The van der Waals surface area contributed by atoms with Crippen molar-refractivity contribution in [2.24, 2.45) is 5.73 Å². The Labute approximate surface area is 152 Å². The van der Waals surface area contributed by atoms with E-state index in [0.717, 1.165) is 5.39 Å². The summed E-state index contributed by atoms with van der Waals surface area (Å²) in [4.78, 5) is 16.0. The molecule has 0 aliphatic heterocycles. The zero-order valence-electron chi connectivity index (χ0n) is 12.8. The fourth-order valence-electron chi connectivity index (χ4n) is 1.75. The highest BCUT2D eigenvalue weighted by molar-refractivity contribution is 6.35. The lowest BCUT2D eigenvalue weighted by molar-refractivity contribution is -0.123. The minimum atomic E-state index is -0.454. The number of fused-ring (bicyclic) bond motifs is 1. The van der Waals surface area contributed by atoms with Gasteiger partial charge in [0.25, 0.3) is 5.91 Å². The van der Waals surface area contributed by atoms with Gasteiger partial charge in [0.1, 0.15) is 11.3 Å². The molecular weight excluding hydrogens is 361 g/mol. The molecule has 0 fully saturated rings. The van der Waals surface area contributed by atoms with Gasteiger partial charge in [0, 0.05) is 23.7 Å². The first-order valence-electron chi connectivity index (χ1n) is 6.58. The number of nitrogens with two attached hydrogens (primary N) is 1. The van der Waals surface area contributed by atoms with Crippen molar-refractivity contribution in [1.82, 2.24) is 10.3 Å². The molecule has 5 nitrogen and oxygen atoms in total. The zero-order chi connectivity index (χ0) is 15.5. The minimum Gasteiger partial charge on any atom is -0.481 e. The number of carbonyl (C=O) groups excluding carboxylic acids is 1. The van der Waals surface area contributed by atoms with Crippen LogP contribution in [0, 0.1) is 0 Å². The molecule has 8 heteroatoms. The first kappa shape index (κ1) is 21.7. The van der Waals surface area contributed by atoms with E-state index in [1.807, 2.05) is 19.9 Å². The van der Waals surface area contributed by atoms with Crippen LogP contribution in [0.4, 0.5) is 0 Å². The average Bonchev–Trinajstić information content (AvgIpc) is 2.44. The predicted octanol–water partition coefficient (Wildman–Crippen LogP) is 2.96. The van der Waals surface area contributed by atoms with Crippen LogP contribution >= 0.6 is 36.4 Å². The Bertz CT molecular complexity index is 660. The normalized spacial score (nSPS) is 10.4. The van der Waals surface area contributed by atoms with Gasteiger partial charge in [-0.05, 0) is 38.1 Å². The van der Waals surface area contributed by atoms with Crippen LogP contribution in [0.5, 0.6) is 5.75 Å². The molecule has 3 N–H and O–H groups in total. The topological polar surface area (TPSA) is 77.2 Å². The van der Waals surface area contributed by atoms with E-state index in [0.29, 0.717) is 22.8 Å². The molecule has 2 aromatic rings. The molecular formula is C15H20Cl3N3O2. The summed E-state index contributed by atoms with van der Waals surface area (Å²) >= 11 is 6.10. The molecule has 128 valence electrons. The number of nitrogens with one attached hydrogen (secondary N) is 1. The maximum absolute atomic E-state index is 11.7. The number of halogens is 3. The lowest BCUT2D eigenvalue weighted by Crippen LogP contribution is -2.46. The fourth-order valence-corrected chi connectivity index (χ4v) is 1.96. The van der Waals surface area contributed by atoms with Gasteiger partial charge in [-0.2, -0.15) is 0 Å². The van der Waals surface area contributed by atoms with Gasteiger partial charge in [0.05, 0.1) is 5.02 Å². The molecule has 0 aliphatic carbocycles. The van der Waals surface area contributed by atoms with E-state index in [4.69, 9.17) is 22.1 Å². The fraction of sp³-hybridized carbons (Fsp3) is 0.333. The van der Waals surface area contributed by atoms with Crippen LogP contribution in [0.3, 0.4) is 0 Å². The third kappa shape index (κ3) is 6.39. The molecule has 23 heavy (non-hydrogen) atoms. The van der Waals surface area contributed by atoms with Crippen LogP contribution in [0.2, 0.25) is 5.02 Å². The maximum atomic E-state index is 11.7. The van der Waals surface area contributed by atoms with Gasteiger partial charge < -0.3 is 15.8 Å². The van der Waals surface area contributed by atoms with E-state index in [2.05, 4.69) is 10.3 Å². The second-order valence-electron chi connectivity index (χ2n) is 5.50. The number of amides is 1. The average molecular weight is 381 g/mol. The Morgan fingerprint density at radius 3 is 2.70 bits per heavy atom. The molecule has 0 unspecified atom stereocenters. The van der Waals surface area contributed by atoms with Crippen molar-refractivity contribution in [3.8, 4) is 5.75 Å². The van der Waals surface area contributed by atoms with E-state index in [9.17, 15) is 4.79 Å². The van der Waals surface area contributed by atoms with Gasteiger partial charge in [-0.1, -0.05) is 11.6 Å². The molecule has 1 aromatic carbocycles. The van der Waals surface area contributed by atoms with E-state index in [1.54, 1.807) is 24.4 Å². The zero-order valence-corrected chi connectivity index (χ0v) is 15.2. The predicted molar refractivity (Wildman–Crippen MR) is 98.0 cm³/mol. The number of benzene rings is 1. The van der Waals surface area contributed by atoms with Gasteiger partial charge in [0.15, 0.2) is 6.61 Å². The van der Waals surface area contributed by atoms with E-state index < -0.39 is 5.54 Å². The smallest absolute Gasteiger partial charge is 0.258 e. The standard InChI is InChI=1S/C15H18ClN3O2.2ClH/c1-15(2,17)9-19-13(20)8-21-12-6-5-11(16)10-4-3-7-18-14(10)12;;/h3-7H,8-9,17H2,1-2H3,(H,19,20);2*1H. The summed E-state index contributed by atoms with van der Waals surface area (Å²) in [6, 6.07) is 7.09. The van der Waals surface area contributed by atoms with Gasteiger partial charge in [-0.25, -0.2) is 0 Å². The van der Waals surface area contributed by atoms with Gasteiger partial charge in [0.2, 0.25) is 0 Å². The Kier molecular flexibility index (Phi) is 8.63. The summed E-state index contributed by atoms with van der Waals surface area (Å²) in [5, 5.41) is 4.11. The van der Waals surface area contributed by atoms with Gasteiger partial charge in [-0.15, -0.1) is 24.8 Å². The molecule has 1 heterocycles. The highest BCUT2D eigenvalue weighted by atomic mass is 35.5. The van der Waals surface area contributed by atoms with Crippen molar-refractivity contribution in [3.63, 3.8) is 0 Å². The van der Waals surface area contributed by atoms with Crippen molar-refractivity contribution in [3.05, 3.63) is 35.5 Å². The highest BCUT2D eigenvalue weighted by Crippen LogP contribution is 2.29. The lowest BCUT2D eigenvalue weighted by atomic mass is 10.1. The number of hydrogen-bond donors (Lipinski definition) is 2. The lowest BCUT2D eigenvalue weighted by Gasteiger charge is -2.19. The molecule has 2 rings (SSSR count). The Hall–Kier alpha value is -1.27. The summed E-state index contributed by atoms with van der Waals surface area (Å²) in [6.07, 6.45) is 1.66. The Balaban J connectivity index is 0.00000242. The first-order chi connectivity index (χ1) is 9.87. The molecule has 0 saturated heterocycles. The van der Waals surface area contributed by atoms with E-state index >= 15 is 0 Å². The molecule has 0 aliphatic rings. The van der Waals surface area contributed by atoms with Crippen LogP contribution in [-0.2, 0) is 4.79 Å². The molecule has 0 atom stereocenters. The SMILES string of the molecule is CC(C)(N)CNC(=O)COc1ccc(Cl)c2cccnc12.Cl.Cl. The number of hydrogen-bond acceptors (Lipinski definition) is 4. The first-order valence-corrected chi connectivity index (χ1v) is 6.96. The third-order valence-corrected chi connectivity index (χ3v) is 3.11. The molecule has 0 radical (unpaired) electrons. The second kappa shape index (κ2) is 9.13. The van der Waals surface area contributed by atoms with Gasteiger partial charge in [-0.3, -0.25) is 9.78 Å². The third-order valence-electron chi connectivity index (χ3n) is 2.78. The number of carbonyl (C=O) groups is 1. The number of aromatic nitrogens is 1. The summed E-state index contributed by atoms with van der Waals surface area (Å²) in [5.41, 5.74) is 5.98. The van der Waals surface area contributed by atoms with Crippen molar-refractivity contribution in [1.29, 1.82) is 0 Å². The van der Waals surface area contributed by atoms with Crippen LogP contribution < -0.4 is 15.8 Å². The number of rotatable bonds is 5. The van der Waals surface area contributed by atoms with E-state index in [1.165, 1.54) is 0 Å². The number of ether oxygens (including phenoxy) is 1. The highest BCUT2D eigenvalue weighted by Gasteiger charge is 2.13. The monoisotopic (exact) mass is 379 g/mol. The van der Waals surface area contributed by atoms with Crippen LogP contribution in [0.25, 0.3) is 10.9 Å². The van der Waals surface area contributed by atoms with Crippen molar-refractivity contribution < 1.29 is 9.53 Å². The Morgan fingerprint density at radius 1 is 1.35 bits per heavy atom. The molecule has 0 spiro atoms. The molecule has 1 aromatic heterocycles. The van der Waals surface area contributed by atoms with Gasteiger partial charge >= 0.3 is 0 Å². The van der Waals surface area contributed by atoms with Crippen LogP contribution in [0.1, 0.15) is 13.8 Å². The summed E-state index contributed by atoms with van der Waals surface area (Å²) < 4.78 is 5.53. The van der Waals surface area contributed by atoms with Crippen molar-refractivity contribution >= 4 is 53.2 Å². The molecule has 1 amide bonds. The van der Waals surface area contributed by atoms with Crippen LogP contribution in [-0.4, -0.2) is 29.6 Å². The number of pyridine rings is 1. The number of nitrogens with zero attached hydrogens (tertiary/aromatic N) is 1.